The molecular weight excluding hydrogens is 268 g/mol. The summed E-state index contributed by atoms with van der Waals surface area (Å²) in [5, 5.41) is 3.29. The lowest BCUT2D eigenvalue weighted by Crippen LogP contribution is -2.34. The van der Waals surface area contributed by atoms with E-state index in [0.29, 0.717) is 32.9 Å². The minimum Gasteiger partial charge on any atom is -0.382 e. The summed E-state index contributed by atoms with van der Waals surface area (Å²) in [5.41, 5.74) is 3.56. The normalized spacial score (nSPS) is 18.5. The molecule has 1 aromatic carbocycles. The van der Waals surface area contributed by atoms with E-state index in [1.54, 1.807) is 7.11 Å². The number of hydrogen-bond donors (Lipinski definition) is 1. The molecule has 1 amide bonds. The molecule has 1 fully saturated rings. The second-order valence-corrected chi connectivity index (χ2v) is 5.34. The van der Waals surface area contributed by atoms with Crippen LogP contribution in [0.5, 0.6) is 0 Å². The maximum Gasteiger partial charge on any atom is 0.238 e. The van der Waals surface area contributed by atoms with E-state index in [9.17, 15) is 4.79 Å². The van der Waals surface area contributed by atoms with Crippen LogP contribution in [0.4, 0.5) is 0 Å². The molecule has 1 atom stereocenters. The monoisotopic (exact) mass is 292 g/mol. The quantitative estimate of drug-likeness (QED) is 0.772. The topological polar surface area (TPSA) is 50.8 Å². The number of nitrogens with one attached hydrogen (secondary N) is 1. The van der Waals surface area contributed by atoms with Crippen molar-refractivity contribution in [2.45, 2.75) is 20.0 Å². The molecule has 0 radical (unpaired) electrons. The van der Waals surface area contributed by atoms with Crippen molar-refractivity contribution in [2.75, 3.05) is 40.0 Å². The fourth-order valence-corrected chi connectivity index (χ4v) is 2.53. The van der Waals surface area contributed by atoms with Gasteiger partial charge in [0, 0.05) is 13.7 Å². The Morgan fingerprint density at radius 3 is 2.86 bits per heavy atom. The van der Waals surface area contributed by atoms with Crippen LogP contribution in [0.25, 0.3) is 0 Å². The number of hydrogen-bond acceptors (Lipinski definition) is 4. The number of benzene rings is 1. The van der Waals surface area contributed by atoms with Crippen molar-refractivity contribution < 1.29 is 14.3 Å². The molecular formula is C16H24N2O3. The fourth-order valence-electron chi connectivity index (χ4n) is 2.53. The molecule has 1 heterocycles. The van der Waals surface area contributed by atoms with Crippen LogP contribution in [0.3, 0.4) is 0 Å². The van der Waals surface area contributed by atoms with Gasteiger partial charge in [0.05, 0.1) is 26.4 Å². The van der Waals surface area contributed by atoms with E-state index in [0.717, 1.165) is 5.56 Å². The molecule has 1 saturated heterocycles. The molecule has 0 bridgehead atoms. The van der Waals surface area contributed by atoms with Crippen LogP contribution in [0, 0.1) is 13.8 Å². The molecule has 5 heteroatoms. The van der Waals surface area contributed by atoms with Gasteiger partial charge < -0.3 is 14.4 Å². The van der Waals surface area contributed by atoms with Gasteiger partial charge in [0.2, 0.25) is 5.91 Å². The zero-order valence-electron chi connectivity index (χ0n) is 13.0. The third-order valence-corrected chi connectivity index (χ3v) is 3.72. The van der Waals surface area contributed by atoms with Crippen LogP contribution in [0.2, 0.25) is 0 Å². The highest BCUT2D eigenvalue weighted by Gasteiger charge is 2.31. The molecule has 1 aliphatic heterocycles. The number of carbonyl (C=O) groups excluding carboxylic acids is 1. The second kappa shape index (κ2) is 7.54. The van der Waals surface area contributed by atoms with E-state index in [-0.39, 0.29) is 12.1 Å². The summed E-state index contributed by atoms with van der Waals surface area (Å²) < 4.78 is 10.4. The lowest BCUT2D eigenvalue weighted by molar-refractivity contribution is -0.128. The first kappa shape index (κ1) is 15.9. The molecule has 1 N–H and O–H groups in total. The smallest absolute Gasteiger partial charge is 0.238 e. The van der Waals surface area contributed by atoms with Gasteiger partial charge in [-0.25, -0.2) is 0 Å². The zero-order valence-corrected chi connectivity index (χ0v) is 13.0. The Morgan fingerprint density at radius 1 is 1.29 bits per heavy atom. The van der Waals surface area contributed by atoms with Crippen LogP contribution in [-0.2, 0) is 14.3 Å². The first-order valence-electron chi connectivity index (χ1n) is 7.30. The summed E-state index contributed by atoms with van der Waals surface area (Å²) in [5.74, 6) is 0.122. The Labute approximate surface area is 126 Å². The van der Waals surface area contributed by atoms with Crippen LogP contribution in [0.1, 0.15) is 22.9 Å². The minimum absolute atomic E-state index is 0.0524. The highest BCUT2D eigenvalue weighted by Crippen LogP contribution is 2.25. The molecule has 1 aromatic rings. The van der Waals surface area contributed by atoms with E-state index in [2.05, 4.69) is 37.4 Å². The molecule has 21 heavy (non-hydrogen) atoms. The third kappa shape index (κ3) is 4.03. The van der Waals surface area contributed by atoms with E-state index in [1.807, 2.05) is 4.90 Å². The van der Waals surface area contributed by atoms with Crippen molar-refractivity contribution >= 4 is 5.91 Å². The van der Waals surface area contributed by atoms with Crippen molar-refractivity contribution in [1.82, 2.24) is 10.2 Å². The van der Waals surface area contributed by atoms with Gasteiger partial charge in [0.1, 0.15) is 6.17 Å². The first-order chi connectivity index (χ1) is 10.1. The summed E-state index contributed by atoms with van der Waals surface area (Å²) in [7, 11) is 1.65. The second-order valence-electron chi connectivity index (χ2n) is 5.34. The number of amides is 1. The number of carbonyl (C=O) groups is 1. The molecule has 116 valence electrons. The zero-order chi connectivity index (χ0) is 15.2. The molecule has 5 nitrogen and oxygen atoms in total. The van der Waals surface area contributed by atoms with Gasteiger partial charge >= 0.3 is 0 Å². The van der Waals surface area contributed by atoms with Crippen LogP contribution in [-0.4, -0.2) is 50.8 Å². The minimum atomic E-state index is -0.0524. The Morgan fingerprint density at radius 2 is 2.10 bits per heavy atom. The predicted octanol–water partition coefficient (Wildman–Crippen LogP) is 1.40. The number of aryl methyl sites for hydroxylation is 2. The lowest BCUT2D eigenvalue weighted by Gasteiger charge is -2.26. The van der Waals surface area contributed by atoms with Crippen molar-refractivity contribution in [1.29, 1.82) is 0 Å². The average Bonchev–Trinajstić information content (AvgIpc) is 2.83. The SMILES string of the molecule is COCCOCCN1C(=O)CNC1c1cc(C)ccc1C. The first-order valence-corrected chi connectivity index (χ1v) is 7.30. The largest absolute Gasteiger partial charge is 0.382 e. The summed E-state index contributed by atoms with van der Waals surface area (Å²) in [4.78, 5) is 13.9. The number of ether oxygens (including phenoxy) is 2. The van der Waals surface area contributed by atoms with Gasteiger partial charge in [-0.15, -0.1) is 0 Å². The Kier molecular flexibility index (Phi) is 5.73. The number of rotatable bonds is 7. The molecule has 0 aromatic heterocycles. The van der Waals surface area contributed by atoms with E-state index < -0.39 is 0 Å². The number of methoxy groups -OCH3 is 1. The summed E-state index contributed by atoms with van der Waals surface area (Å²) >= 11 is 0. The highest BCUT2D eigenvalue weighted by molar-refractivity contribution is 5.81. The van der Waals surface area contributed by atoms with E-state index in [4.69, 9.17) is 9.47 Å². The van der Waals surface area contributed by atoms with Crippen LogP contribution < -0.4 is 5.32 Å². The van der Waals surface area contributed by atoms with Gasteiger partial charge in [-0.1, -0.05) is 23.8 Å². The predicted molar refractivity (Wildman–Crippen MR) is 81.1 cm³/mol. The summed E-state index contributed by atoms with van der Waals surface area (Å²) in [6.45, 7) is 6.78. The van der Waals surface area contributed by atoms with Crippen LogP contribution in [0.15, 0.2) is 18.2 Å². The maximum absolute atomic E-state index is 12.1. The van der Waals surface area contributed by atoms with Crippen LogP contribution >= 0.6 is 0 Å². The van der Waals surface area contributed by atoms with Gasteiger partial charge in [-0.05, 0) is 25.0 Å². The van der Waals surface area contributed by atoms with Crippen molar-refractivity contribution in [3.8, 4) is 0 Å². The van der Waals surface area contributed by atoms with Crippen molar-refractivity contribution in [3.05, 3.63) is 34.9 Å². The number of nitrogens with zero attached hydrogens (tertiary/aromatic N) is 1. The summed E-state index contributed by atoms with van der Waals surface area (Å²) in [6, 6.07) is 6.33. The molecule has 1 unspecified atom stereocenters. The maximum atomic E-state index is 12.1. The van der Waals surface area contributed by atoms with Crippen molar-refractivity contribution in [3.63, 3.8) is 0 Å². The third-order valence-electron chi connectivity index (χ3n) is 3.72. The highest BCUT2D eigenvalue weighted by atomic mass is 16.5. The van der Waals surface area contributed by atoms with Gasteiger partial charge in [-0.2, -0.15) is 0 Å². The summed E-state index contributed by atoms with van der Waals surface area (Å²) in [6.07, 6.45) is -0.0524. The fraction of sp³-hybridized carbons (Fsp3) is 0.562. The molecule has 1 aliphatic rings. The lowest BCUT2D eigenvalue weighted by atomic mass is 10.0. The Bertz CT molecular complexity index is 490. The van der Waals surface area contributed by atoms with Gasteiger partial charge in [0.25, 0.3) is 0 Å². The Balaban J connectivity index is 2.01. The standard InChI is InChI=1S/C16H24N2O3/c1-12-4-5-13(2)14(10-12)16-17-11-15(19)18(16)6-7-21-9-8-20-3/h4-5,10,16-17H,6-9,11H2,1-3H3. The van der Waals surface area contributed by atoms with E-state index >= 15 is 0 Å². The molecule has 0 saturated carbocycles. The molecule has 0 aliphatic carbocycles. The van der Waals surface area contributed by atoms with E-state index in [1.165, 1.54) is 11.1 Å². The van der Waals surface area contributed by atoms with Gasteiger partial charge in [-0.3, -0.25) is 10.1 Å². The average molecular weight is 292 g/mol. The molecule has 0 spiro atoms. The van der Waals surface area contributed by atoms with Crippen molar-refractivity contribution in [2.24, 2.45) is 0 Å². The molecule has 2 rings (SSSR count). The Hall–Kier alpha value is -1.43. The van der Waals surface area contributed by atoms with Gasteiger partial charge in [0.15, 0.2) is 0 Å².